The van der Waals surface area contributed by atoms with Crippen LogP contribution < -0.4 is 0 Å². The maximum absolute atomic E-state index is 11.9. The van der Waals surface area contributed by atoms with E-state index < -0.39 is 0 Å². The van der Waals surface area contributed by atoms with E-state index >= 15 is 0 Å². The van der Waals surface area contributed by atoms with E-state index in [1.807, 2.05) is 52.0 Å². The van der Waals surface area contributed by atoms with E-state index in [9.17, 15) is 9.59 Å². The number of rotatable bonds is 4. The summed E-state index contributed by atoms with van der Waals surface area (Å²) in [7, 11) is 0. The molecule has 2 nitrogen and oxygen atoms in total. The Kier molecular flexibility index (Phi) is 8.27. The van der Waals surface area contributed by atoms with Crippen molar-refractivity contribution in [2.24, 2.45) is 0 Å². The van der Waals surface area contributed by atoms with Crippen LogP contribution in [0.5, 0.6) is 0 Å². The van der Waals surface area contributed by atoms with Crippen LogP contribution in [-0.4, -0.2) is 23.3 Å². The fourth-order valence-corrected chi connectivity index (χ4v) is 4.49. The summed E-state index contributed by atoms with van der Waals surface area (Å²) in [6, 6.07) is 11.9. The van der Waals surface area contributed by atoms with Crippen molar-refractivity contribution < 1.29 is 9.59 Å². The van der Waals surface area contributed by atoms with E-state index in [-0.39, 0.29) is 23.3 Å². The second-order valence-electron chi connectivity index (χ2n) is 6.48. The van der Waals surface area contributed by atoms with Crippen LogP contribution in [0, 0.1) is 0 Å². The normalized spacial score (nSPS) is 17.9. The Morgan fingerprint density at radius 2 is 1.07 bits per heavy atom. The SMILES string of the molecule is CC.CC.O=C(CCl)c1ccc2c(c1)C1CCC2c2cc(C(=O)CCl)ccc21. The molecule has 2 atom stereocenters. The van der Waals surface area contributed by atoms with Crippen LogP contribution in [0.4, 0.5) is 0 Å². The topological polar surface area (TPSA) is 34.1 Å². The quantitative estimate of drug-likeness (QED) is 0.397. The first-order valence-electron chi connectivity index (χ1n) is 10.1. The molecular formula is C24H28Cl2O2. The third-order valence-electron chi connectivity index (χ3n) is 5.31. The van der Waals surface area contributed by atoms with Gasteiger partial charge in [0.15, 0.2) is 11.6 Å². The lowest BCUT2D eigenvalue weighted by atomic mass is 9.63. The van der Waals surface area contributed by atoms with Crippen LogP contribution in [-0.2, 0) is 0 Å². The summed E-state index contributed by atoms with van der Waals surface area (Å²) < 4.78 is 0. The molecule has 150 valence electrons. The van der Waals surface area contributed by atoms with Crippen LogP contribution in [0.15, 0.2) is 36.4 Å². The van der Waals surface area contributed by atoms with Gasteiger partial charge in [0, 0.05) is 23.0 Å². The number of carbonyl (C=O) groups excluding carboxylic acids is 2. The second kappa shape index (κ2) is 10.2. The number of halogens is 2. The van der Waals surface area contributed by atoms with E-state index in [1.165, 1.54) is 22.3 Å². The molecule has 4 heteroatoms. The molecule has 0 fully saturated rings. The molecule has 3 aliphatic rings. The van der Waals surface area contributed by atoms with Crippen LogP contribution in [0.25, 0.3) is 0 Å². The number of hydrogen-bond acceptors (Lipinski definition) is 2. The monoisotopic (exact) mass is 418 g/mol. The molecule has 0 saturated heterocycles. The predicted molar refractivity (Wildman–Crippen MR) is 119 cm³/mol. The van der Waals surface area contributed by atoms with Crippen molar-refractivity contribution in [3.05, 3.63) is 69.8 Å². The predicted octanol–water partition coefficient (Wildman–Crippen LogP) is 6.95. The largest absolute Gasteiger partial charge is 0.293 e. The molecule has 0 N–H and O–H groups in total. The van der Waals surface area contributed by atoms with Gasteiger partial charge in [-0.1, -0.05) is 52.0 Å². The Labute approximate surface area is 178 Å². The Morgan fingerprint density at radius 3 is 1.39 bits per heavy atom. The van der Waals surface area contributed by atoms with Crippen LogP contribution in [0.3, 0.4) is 0 Å². The molecule has 2 aromatic carbocycles. The van der Waals surface area contributed by atoms with Crippen molar-refractivity contribution >= 4 is 34.8 Å². The average Bonchev–Trinajstić information content (AvgIpc) is 2.80. The molecular weight excluding hydrogens is 391 g/mol. The third-order valence-corrected chi connectivity index (χ3v) is 5.79. The highest BCUT2D eigenvalue weighted by Gasteiger charge is 2.37. The Balaban J connectivity index is 0.000000660. The summed E-state index contributed by atoms with van der Waals surface area (Å²) in [5.41, 5.74) is 6.41. The zero-order valence-electron chi connectivity index (χ0n) is 17.0. The molecule has 2 unspecified atom stereocenters. The van der Waals surface area contributed by atoms with Crippen LogP contribution in [0.2, 0.25) is 0 Å². The molecule has 2 aromatic rings. The zero-order chi connectivity index (χ0) is 20.8. The molecule has 0 radical (unpaired) electrons. The van der Waals surface area contributed by atoms with Crippen LogP contribution >= 0.6 is 23.2 Å². The highest BCUT2D eigenvalue weighted by Crippen LogP contribution is 2.53. The summed E-state index contributed by atoms with van der Waals surface area (Å²) in [6.07, 6.45) is 2.15. The summed E-state index contributed by atoms with van der Waals surface area (Å²) in [6.45, 7) is 8.00. The molecule has 0 aromatic heterocycles. The maximum atomic E-state index is 11.9. The van der Waals surface area contributed by atoms with Gasteiger partial charge >= 0.3 is 0 Å². The smallest absolute Gasteiger partial charge is 0.177 e. The van der Waals surface area contributed by atoms with Crippen molar-refractivity contribution in [3.63, 3.8) is 0 Å². The Bertz CT molecular complexity index is 786. The number of carbonyl (C=O) groups is 2. The van der Waals surface area contributed by atoms with Gasteiger partial charge in [-0.15, -0.1) is 23.2 Å². The van der Waals surface area contributed by atoms with Crippen LogP contribution in [0.1, 0.15) is 95.3 Å². The number of Topliss-reactive ketones (excluding diaryl/α,β-unsaturated/α-hetero) is 2. The lowest BCUT2D eigenvalue weighted by Crippen LogP contribution is -2.25. The van der Waals surface area contributed by atoms with E-state index in [0.29, 0.717) is 23.0 Å². The summed E-state index contributed by atoms with van der Waals surface area (Å²) in [5.74, 6) is 0.528. The van der Waals surface area contributed by atoms with Gasteiger partial charge in [0.05, 0.1) is 11.8 Å². The second-order valence-corrected chi connectivity index (χ2v) is 7.02. The highest BCUT2D eigenvalue weighted by molar-refractivity contribution is 6.30. The summed E-state index contributed by atoms with van der Waals surface area (Å²) in [5, 5.41) is 0. The molecule has 0 aliphatic heterocycles. The number of benzene rings is 2. The first-order chi connectivity index (χ1) is 13.6. The van der Waals surface area contributed by atoms with Gasteiger partial charge in [-0.3, -0.25) is 9.59 Å². The number of hydrogen-bond donors (Lipinski definition) is 0. The molecule has 0 heterocycles. The van der Waals surface area contributed by atoms with Gasteiger partial charge in [-0.05, 0) is 47.2 Å². The van der Waals surface area contributed by atoms with Gasteiger partial charge in [0.1, 0.15) is 0 Å². The Hall–Kier alpha value is -1.64. The fourth-order valence-electron chi connectivity index (χ4n) is 4.18. The zero-order valence-corrected chi connectivity index (χ0v) is 18.5. The average molecular weight is 419 g/mol. The lowest BCUT2D eigenvalue weighted by molar-refractivity contribution is 0.101. The first-order valence-corrected chi connectivity index (χ1v) is 11.2. The van der Waals surface area contributed by atoms with Gasteiger partial charge < -0.3 is 0 Å². The van der Waals surface area contributed by atoms with Gasteiger partial charge in [0.2, 0.25) is 0 Å². The van der Waals surface area contributed by atoms with Crippen molar-refractivity contribution in [1.29, 1.82) is 0 Å². The number of ketones is 2. The molecule has 0 amide bonds. The van der Waals surface area contributed by atoms with Crippen molar-refractivity contribution in [3.8, 4) is 0 Å². The first kappa shape index (κ1) is 22.6. The minimum absolute atomic E-state index is 0.00731. The van der Waals surface area contributed by atoms with Crippen molar-refractivity contribution in [1.82, 2.24) is 0 Å². The molecule has 28 heavy (non-hydrogen) atoms. The fraction of sp³-hybridized carbons (Fsp3) is 0.417. The van der Waals surface area contributed by atoms with E-state index in [2.05, 4.69) is 12.1 Å². The standard InChI is InChI=1S/C20H16Cl2O2.2C2H6/c21-9-19(23)11-1-3-13-15-5-6-16(17(13)7-11)14-4-2-12(8-18(14)15)20(24)10-22;2*1-2/h1-4,7-8,15-16H,5-6,9-10H2;2*1-2H3. The minimum Gasteiger partial charge on any atom is -0.293 e. The van der Waals surface area contributed by atoms with Gasteiger partial charge in [-0.2, -0.15) is 0 Å². The van der Waals surface area contributed by atoms with Crippen molar-refractivity contribution in [2.45, 2.75) is 52.4 Å². The highest BCUT2D eigenvalue weighted by atomic mass is 35.5. The maximum Gasteiger partial charge on any atom is 0.177 e. The molecule has 5 rings (SSSR count). The van der Waals surface area contributed by atoms with Gasteiger partial charge in [-0.25, -0.2) is 0 Å². The Morgan fingerprint density at radius 1 is 0.714 bits per heavy atom. The molecule has 2 bridgehead atoms. The molecule has 3 aliphatic carbocycles. The lowest BCUT2D eigenvalue weighted by Gasteiger charge is -2.40. The van der Waals surface area contributed by atoms with E-state index in [1.54, 1.807) is 0 Å². The minimum atomic E-state index is -0.0378. The summed E-state index contributed by atoms with van der Waals surface area (Å²) >= 11 is 11.4. The third kappa shape index (κ3) is 4.04. The molecule has 0 spiro atoms. The number of alkyl halides is 2. The van der Waals surface area contributed by atoms with Gasteiger partial charge in [0.25, 0.3) is 0 Å². The van der Waals surface area contributed by atoms with E-state index in [0.717, 1.165) is 12.8 Å². The summed E-state index contributed by atoms with van der Waals surface area (Å²) in [4.78, 5) is 23.8. The number of fused-ring (bicyclic) bond motifs is 1. The molecule has 0 saturated carbocycles. The van der Waals surface area contributed by atoms with E-state index in [4.69, 9.17) is 23.2 Å². The van der Waals surface area contributed by atoms with Crippen molar-refractivity contribution in [2.75, 3.05) is 11.8 Å².